The lowest BCUT2D eigenvalue weighted by Gasteiger charge is -2.08. The van der Waals surface area contributed by atoms with Crippen molar-refractivity contribution in [3.8, 4) is 24.3 Å². The van der Waals surface area contributed by atoms with Gasteiger partial charge in [0.05, 0.1) is 19.9 Å². The second-order valence-electron chi connectivity index (χ2n) is 5.47. The van der Waals surface area contributed by atoms with Gasteiger partial charge in [-0.05, 0) is 28.0 Å². The van der Waals surface area contributed by atoms with Gasteiger partial charge in [-0.2, -0.15) is 21.0 Å². The normalized spacial score (nSPS) is 16.6. The van der Waals surface area contributed by atoms with Crippen molar-refractivity contribution in [1.82, 2.24) is 0 Å². The van der Waals surface area contributed by atoms with Crippen LogP contribution in [0.25, 0.3) is 11.1 Å². The number of hydrogen-bond acceptors (Lipinski definition) is 10. The van der Waals surface area contributed by atoms with E-state index in [-0.39, 0.29) is 11.1 Å². The number of rotatable bonds is 0. The summed E-state index contributed by atoms with van der Waals surface area (Å²) in [7, 11) is 0. The highest BCUT2D eigenvalue weighted by molar-refractivity contribution is 14.1. The van der Waals surface area contributed by atoms with E-state index in [0.29, 0.717) is 10.4 Å². The first-order chi connectivity index (χ1) is 15.1. The molecule has 0 unspecified atom stereocenters. The van der Waals surface area contributed by atoms with Crippen molar-refractivity contribution in [2.45, 2.75) is 0 Å². The first-order valence-electron chi connectivity index (χ1n) is 8.34. The Bertz CT molecular complexity index is 1160. The fourth-order valence-corrected chi connectivity index (χ4v) is 11.9. The van der Waals surface area contributed by atoms with Crippen LogP contribution in [0.3, 0.4) is 0 Å². The molecule has 152 valence electrons. The van der Waals surface area contributed by atoms with Gasteiger partial charge in [0.2, 0.25) is 0 Å². The molecule has 0 radical (unpaired) electrons. The van der Waals surface area contributed by atoms with E-state index in [9.17, 15) is 0 Å². The Hall–Kier alpha value is -1.03. The van der Waals surface area contributed by atoms with Gasteiger partial charge in [-0.3, -0.25) is 0 Å². The molecule has 0 N–H and O–H groups in total. The molecule has 4 nitrogen and oxygen atoms in total. The third-order valence-electron chi connectivity index (χ3n) is 3.61. The average Bonchev–Trinajstić information content (AvgIpc) is 3.43. The molecule has 1 aromatic rings. The van der Waals surface area contributed by atoms with Gasteiger partial charge in [-0.25, -0.2) is 0 Å². The number of hydrogen-bond donors (Lipinski definition) is 0. The molecule has 4 rings (SSSR count). The Labute approximate surface area is 219 Å². The highest BCUT2D eigenvalue weighted by atomic mass is 127. The largest absolute Gasteiger partial charge is 0.192 e. The molecular weight excluding hydrogens is 616 g/mol. The zero-order valence-corrected chi connectivity index (χ0v) is 22.5. The monoisotopic (exact) mass is 624 g/mol. The van der Waals surface area contributed by atoms with Gasteiger partial charge in [0, 0.05) is 21.9 Å². The summed E-state index contributed by atoms with van der Waals surface area (Å²) >= 11 is 14.2. The molecule has 31 heavy (non-hydrogen) atoms. The number of nitrogens with zero attached hydrogens (tertiary/aromatic N) is 4. The number of halogens is 1. The van der Waals surface area contributed by atoms with Gasteiger partial charge in [-0.1, -0.05) is 71.3 Å². The maximum atomic E-state index is 8.63. The third-order valence-corrected chi connectivity index (χ3v) is 13.5. The highest BCUT2D eigenvalue weighted by Gasteiger charge is 2.28. The molecule has 11 heteroatoms. The van der Waals surface area contributed by atoms with Gasteiger partial charge in [0.25, 0.3) is 0 Å². The van der Waals surface area contributed by atoms with E-state index < -0.39 is 0 Å². The molecule has 0 spiro atoms. The molecule has 0 saturated heterocycles. The van der Waals surface area contributed by atoms with E-state index in [0.717, 1.165) is 0 Å². The molecule has 0 atom stereocenters. The first kappa shape index (κ1) is 24.6. The van der Waals surface area contributed by atoms with Gasteiger partial charge < -0.3 is 0 Å². The molecule has 0 fully saturated rings. The predicted octanol–water partition coefficient (Wildman–Crippen LogP) is 6.00. The Morgan fingerprint density at radius 1 is 0.677 bits per heavy atom. The fourth-order valence-electron chi connectivity index (χ4n) is 2.24. The van der Waals surface area contributed by atoms with E-state index in [4.69, 9.17) is 21.0 Å². The summed E-state index contributed by atoms with van der Waals surface area (Å²) in [5, 5.41) is 37.7. The van der Waals surface area contributed by atoms with Crippen LogP contribution in [0, 0.1) is 45.3 Å². The van der Waals surface area contributed by atoms with Crippen molar-refractivity contribution >= 4 is 104 Å². The lowest BCUT2D eigenvalue weighted by molar-refractivity contribution is 1.46. The van der Waals surface area contributed by atoms with E-state index >= 15 is 0 Å². The summed E-state index contributed by atoms with van der Waals surface area (Å²) < 4.78 is 7.46. The summed E-state index contributed by atoms with van der Waals surface area (Å²) in [5.74, 6) is 2.55. The van der Waals surface area contributed by atoms with Crippen LogP contribution in [0.1, 0.15) is 0 Å². The van der Waals surface area contributed by atoms with Gasteiger partial charge >= 0.3 is 0 Å². The van der Waals surface area contributed by atoms with Crippen molar-refractivity contribution in [2.24, 2.45) is 0 Å². The van der Waals surface area contributed by atoms with Crippen molar-refractivity contribution < 1.29 is 0 Å². The molecule has 0 bridgehead atoms. The van der Waals surface area contributed by atoms with E-state index in [1.54, 1.807) is 32.8 Å². The Morgan fingerprint density at radius 2 is 1.13 bits per heavy atom. The highest BCUT2D eigenvalue weighted by Crippen LogP contribution is 2.64. The van der Waals surface area contributed by atoms with Crippen molar-refractivity contribution in [3.63, 3.8) is 0 Å². The van der Waals surface area contributed by atoms with Crippen LogP contribution in [0.5, 0.6) is 0 Å². The van der Waals surface area contributed by atoms with Crippen molar-refractivity contribution in [1.29, 1.82) is 21.0 Å². The molecule has 3 aliphatic rings. The molecule has 0 aliphatic carbocycles. The second kappa shape index (κ2) is 12.3. The van der Waals surface area contributed by atoms with Crippen LogP contribution in [0.15, 0.2) is 49.5 Å². The van der Waals surface area contributed by atoms with Crippen molar-refractivity contribution in [2.75, 3.05) is 11.5 Å². The maximum Gasteiger partial charge on any atom is 0.136 e. The minimum atomic E-state index is 0.00187. The third kappa shape index (κ3) is 6.49. The molecule has 0 aromatic heterocycles. The van der Waals surface area contributed by atoms with E-state index in [1.165, 1.54) is 47.2 Å². The summed E-state index contributed by atoms with van der Waals surface area (Å²) in [4.78, 5) is 0. The maximum absolute atomic E-state index is 8.63. The Morgan fingerprint density at radius 3 is 1.48 bits per heavy atom. The molecule has 0 amide bonds. The number of benzene rings is 1. The van der Waals surface area contributed by atoms with Crippen LogP contribution < -0.4 is 10.4 Å². The zero-order valence-electron chi connectivity index (χ0n) is 15.4. The van der Waals surface area contributed by atoms with Gasteiger partial charge in [0.15, 0.2) is 0 Å². The quantitative estimate of drug-likeness (QED) is 0.320. The van der Waals surface area contributed by atoms with Crippen LogP contribution in [0.2, 0.25) is 0 Å². The van der Waals surface area contributed by atoms with Crippen molar-refractivity contribution in [3.05, 3.63) is 60.0 Å². The molecule has 1 aromatic carbocycles. The SMILES string of the molecule is IC1=CSC(=C2SC3=C(SCCS3)S2)S1.N#CC(C#N)=c1ccc(=C(C#N)C#N)cc1. The smallest absolute Gasteiger partial charge is 0.136 e. The van der Waals surface area contributed by atoms with Gasteiger partial charge in [-0.15, -0.1) is 23.5 Å². The Kier molecular flexibility index (Phi) is 9.74. The topological polar surface area (TPSA) is 95.2 Å². The number of nitriles is 4. The predicted molar refractivity (Wildman–Crippen MR) is 146 cm³/mol. The molecule has 3 aliphatic heterocycles. The summed E-state index contributed by atoms with van der Waals surface area (Å²) in [5.41, 5.74) is 0.00373. The van der Waals surface area contributed by atoms with Crippen LogP contribution >= 0.6 is 93.2 Å². The molecule has 3 heterocycles. The number of thioether (sulfide) groups is 6. The van der Waals surface area contributed by atoms with E-state index in [2.05, 4.69) is 28.0 Å². The molecular formula is C20H9IN4S6. The Balaban J connectivity index is 0.000000176. The fraction of sp³-hybridized carbons (Fsp3) is 0.100. The van der Waals surface area contributed by atoms with Crippen LogP contribution in [0.4, 0.5) is 0 Å². The minimum Gasteiger partial charge on any atom is -0.192 e. The summed E-state index contributed by atoms with van der Waals surface area (Å²) in [6, 6.07) is 13.2. The first-order valence-corrected chi connectivity index (χ1v) is 14.7. The average molecular weight is 625 g/mol. The van der Waals surface area contributed by atoms with E-state index in [1.807, 2.05) is 70.6 Å². The van der Waals surface area contributed by atoms with Crippen LogP contribution in [-0.2, 0) is 0 Å². The van der Waals surface area contributed by atoms with Crippen LogP contribution in [-0.4, -0.2) is 11.5 Å². The van der Waals surface area contributed by atoms with Gasteiger partial charge in [0.1, 0.15) is 35.4 Å². The lowest BCUT2D eigenvalue weighted by atomic mass is 10.1. The summed E-state index contributed by atoms with van der Waals surface area (Å²) in [6.07, 6.45) is 0. The minimum absolute atomic E-state index is 0.00187. The second-order valence-corrected chi connectivity index (χ2v) is 14.6. The standard InChI is InChI=1S/C12H4N4.C8H5IS6/c13-5-11(6-14)9-1-2-10(4-3-9)12(7-15)8-16;9-4-3-12-7(13-4)8-14-5-6(15-8)11-2-1-10-5/h1-4H;3H,1-2H2. The zero-order chi connectivity index (χ0) is 22.2. The molecule has 0 saturated carbocycles. The lowest BCUT2D eigenvalue weighted by Crippen LogP contribution is -2.11. The summed E-state index contributed by atoms with van der Waals surface area (Å²) in [6.45, 7) is 0.